The Kier molecular flexibility index (Phi) is 3.14. The smallest absolute Gasteiger partial charge is 0.252 e. The molecule has 0 saturated carbocycles. The normalized spacial score (nSPS) is 9.08. The summed E-state index contributed by atoms with van der Waals surface area (Å²) in [5.41, 5.74) is 8.44. The number of carbonyl (C=O) groups is 1. The molecular weight excluding hydrogens is 213 g/mol. The molecule has 0 aliphatic heterocycles. The third-order valence-corrected chi connectivity index (χ3v) is 1.76. The number of hydrogen-bond donors (Lipinski definition) is 0. The molecule has 0 spiro atoms. The highest BCUT2D eigenvalue weighted by Gasteiger charge is 2.07. The van der Waals surface area contributed by atoms with Crippen LogP contribution in [0.1, 0.15) is 10.4 Å². The minimum Gasteiger partial charge on any atom is -0.276 e. The molecule has 0 atom stereocenters. The zero-order valence-electron chi connectivity index (χ0n) is 6.24. The summed E-state index contributed by atoms with van der Waals surface area (Å²) in [5.74, 6) is 0. The Morgan fingerprint density at radius 2 is 2.23 bits per heavy atom. The fourth-order valence-corrected chi connectivity index (χ4v) is 1.12. The van der Waals surface area contributed by atoms with E-state index in [9.17, 15) is 4.79 Å². The SMILES string of the molecule is [N-]=[N+]=Nc1ccc(Cl)cc1C(=O)Cl. The molecule has 0 unspecified atom stereocenters. The van der Waals surface area contributed by atoms with E-state index in [1.807, 2.05) is 0 Å². The van der Waals surface area contributed by atoms with Crippen LogP contribution in [0.3, 0.4) is 0 Å². The molecule has 0 aliphatic rings. The van der Waals surface area contributed by atoms with Crippen LogP contribution in [0.15, 0.2) is 23.3 Å². The van der Waals surface area contributed by atoms with E-state index in [0.717, 1.165) is 0 Å². The lowest BCUT2D eigenvalue weighted by molar-refractivity contribution is 0.108. The number of carbonyl (C=O) groups excluding carboxylic acids is 1. The maximum Gasteiger partial charge on any atom is 0.252 e. The predicted molar refractivity (Wildman–Crippen MR) is 50.4 cm³/mol. The third-order valence-electron chi connectivity index (χ3n) is 1.32. The van der Waals surface area contributed by atoms with Crippen molar-refractivity contribution in [3.05, 3.63) is 39.2 Å². The fourth-order valence-electron chi connectivity index (χ4n) is 0.801. The van der Waals surface area contributed by atoms with E-state index < -0.39 is 5.24 Å². The first kappa shape index (κ1) is 9.86. The molecule has 0 amide bonds. The molecule has 0 aliphatic carbocycles. The molecule has 66 valence electrons. The van der Waals surface area contributed by atoms with E-state index in [2.05, 4.69) is 10.0 Å². The number of benzene rings is 1. The van der Waals surface area contributed by atoms with Crippen molar-refractivity contribution in [3.63, 3.8) is 0 Å². The van der Waals surface area contributed by atoms with Crippen molar-refractivity contribution >= 4 is 34.1 Å². The van der Waals surface area contributed by atoms with Gasteiger partial charge in [0.1, 0.15) is 0 Å². The second kappa shape index (κ2) is 4.14. The molecule has 0 bridgehead atoms. The summed E-state index contributed by atoms with van der Waals surface area (Å²) in [6.45, 7) is 0. The Morgan fingerprint density at radius 3 is 2.77 bits per heavy atom. The summed E-state index contributed by atoms with van der Waals surface area (Å²) in [6, 6.07) is 4.29. The maximum atomic E-state index is 10.8. The van der Waals surface area contributed by atoms with E-state index in [0.29, 0.717) is 5.02 Å². The van der Waals surface area contributed by atoms with Gasteiger partial charge in [-0.15, -0.1) is 0 Å². The molecule has 0 fully saturated rings. The van der Waals surface area contributed by atoms with Crippen LogP contribution in [0.5, 0.6) is 0 Å². The molecule has 0 N–H and O–H groups in total. The van der Waals surface area contributed by atoms with Crippen molar-refractivity contribution in [2.75, 3.05) is 0 Å². The Hall–Kier alpha value is -1.22. The zero-order valence-corrected chi connectivity index (χ0v) is 7.75. The Bertz CT molecular complexity index is 399. The minimum absolute atomic E-state index is 0.104. The molecule has 13 heavy (non-hydrogen) atoms. The predicted octanol–water partition coefficient (Wildman–Crippen LogP) is 3.66. The molecule has 4 nitrogen and oxygen atoms in total. The fraction of sp³-hybridized carbons (Fsp3) is 0. The molecule has 6 heteroatoms. The zero-order chi connectivity index (χ0) is 9.84. The lowest BCUT2D eigenvalue weighted by atomic mass is 10.2. The van der Waals surface area contributed by atoms with Gasteiger partial charge in [-0.25, -0.2) is 0 Å². The van der Waals surface area contributed by atoms with Gasteiger partial charge in [-0.3, -0.25) is 4.79 Å². The summed E-state index contributed by atoms with van der Waals surface area (Å²) in [6.07, 6.45) is 0. The molecule has 0 radical (unpaired) electrons. The van der Waals surface area contributed by atoms with Gasteiger partial charge in [0.05, 0.1) is 0 Å². The molecule has 0 saturated heterocycles. The lowest BCUT2D eigenvalue weighted by Crippen LogP contribution is -1.88. The number of azide groups is 1. The monoisotopic (exact) mass is 215 g/mol. The second-order valence-electron chi connectivity index (χ2n) is 2.12. The standard InChI is InChI=1S/C7H3Cl2N3O/c8-4-1-2-6(11-12-10)5(3-4)7(9)13/h1-3H. The molecule has 0 heterocycles. The van der Waals surface area contributed by atoms with Crippen LogP contribution in [-0.4, -0.2) is 5.24 Å². The highest BCUT2D eigenvalue weighted by molar-refractivity contribution is 6.68. The first-order chi connectivity index (χ1) is 6.15. The average Bonchev–Trinajstić information content (AvgIpc) is 2.08. The Morgan fingerprint density at radius 1 is 1.54 bits per heavy atom. The number of halogens is 2. The lowest BCUT2D eigenvalue weighted by Gasteiger charge is -1.98. The molecule has 0 aromatic heterocycles. The van der Waals surface area contributed by atoms with Crippen LogP contribution >= 0.6 is 23.2 Å². The number of nitrogens with zero attached hydrogens (tertiary/aromatic N) is 3. The topological polar surface area (TPSA) is 65.8 Å². The van der Waals surface area contributed by atoms with Gasteiger partial charge in [-0.1, -0.05) is 22.8 Å². The summed E-state index contributed by atoms with van der Waals surface area (Å²) < 4.78 is 0. The molecular formula is C7H3Cl2N3O. The van der Waals surface area contributed by atoms with Gasteiger partial charge in [0, 0.05) is 21.2 Å². The van der Waals surface area contributed by atoms with Crippen LogP contribution < -0.4 is 0 Å². The maximum absolute atomic E-state index is 10.8. The van der Waals surface area contributed by atoms with Gasteiger partial charge in [0.25, 0.3) is 5.24 Å². The number of rotatable bonds is 2. The highest BCUT2D eigenvalue weighted by atomic mass is 35.5. The van der Waals surface area contributed by atoms with Crippen molar-refractivity contribution in [3.8, 4) is 0 Å². The van der Waals surface area contributed by atoms with Crippen molar-refractivity contribution in [2.45, 2.75) is 0 Å². The van der Waals surface area contributed by atoms with E-state index in [1.165, 1.54) is 18.2 Å². The quantitative estimate of drug-likeness (QED) is 0.322. The van der Waals surface area contributed by atoms with Crippen molar-refractivity contribution in [1.82, 2.24) is 0 Å². The first-order valence-corrected chi connectivity index (χ1v) is 3.95. The minimum atomic E-state index is -0.704. The van der Waals surface area contributed by atoms with Gasteiger partial charge >= 0.3 is 0 Å². The number of hydrogen-bond acceptors (Lipinski definition) is 2. The van der Waals surface area contributed by atoms with Crippen molar-refractivity contribution in [2.24, 2.45) is 5.11 Å². The van der Waals surface area contributed by atoms with Gasteiger partial charge in [-0.2, -0.15) is 0 Å². The van der Waals surface area contributed by atoms with Gasteiger partial charge in [-0.05, 0) is 29.3 Å². The van der Waals surface area contributed by atoms with Crippen LogP contribution in [-0.2, 0) is 0 Å². The molecule has 1 rings (SSSR count). The molecule has 1 aromatic carbocycles. The van der Waals surface area contributed by atoms with E-state index >= 15 is 0 Å². The second-order valence-corrected chi connectivity index (χ2v) is 2.90. The Labute approximate surface area is 83.7 Å². The third kappa shape index (κ3) is 2.36. The van der Waals surface area contributed by atoms with Gasteiger partial charge < -0.3 is 0 Å². The van der Waals surface area contributed by atoms with E-state index in [1.54, 1.807) is 0 Å². The van der Waals surface area contributed by atoms with Crippen LogP contribution in [0.4, 0.5) is 5.69 Å². The summed E-state index contributed by atoms with van der Waals surface area (Å²) in [4.78, 5) is 13.4. The highest BCUT2D eigenvalue weighted by Crippen LogP contribution is 2.24. The van der Waals surface area contributed by atoms with Gasteiger partial charge in [0.2, 0.25) is 0 Å². The van der Waals surface area contributed by atoms with Crippen molar-refractivity contribution in [1.29, 1.82) is 0 Å². The van der Waals surface area contributed by atoms with Crippen molar-refractivity contribution < 1.29 is 4.79 Å². The summed E-state index contributed by atoms with van der Waals surface area (Å²) in [7, 11) is 0. The molecule has 1 aromatic rings. The van der Waals surface area contributed by atoms with Crippen LogP contribution in [0.25, 0.3) is 10.4 Å². The van der Waals surface area contributed by atoms with E-state index in [4.69, 9.17) is 28.7 Å². The summed E-state index contributed by atoms with van der Waals surface area (Å²) >= 11 is 10.9. The first-order valence-electron chi connectivity index (χ1n) is 3.19. The average molecular weight is 216 g/mol. The largest absolute Gasteiger partial charge is 0.276 e. The summed E-state index contributed by atoms with van der Waals surface area (Å²) in [5, 5.41) is 2.94. The van der Waals surface area contributed by atoms with Crippen LogP contribution in [0, 0.1) is 0 Å². The van der Waals surface area contributed by atoms with Crippen LogP contribution in [0.2, 0.25) is 5.02 Å². The van der Waals surface area contributed by atoms with E-state index in [-0.39, 0.29) is 11.3 Å². The Balaban J connectivity index is 3.34. The van der Waals surface area contributed by atoms with Gasteiger partial charge in [0.15, 0.2) is 0 Å².